The number of hydroxylamine groups is 1. The SMILES string of the molecule is CCONC1CCN(C)C1=O. The first-order valence-corrected chi connectivity index (χ1v) is 3.88. The second-order valence-electron chi connectivity index (χ2n) is 2.65. The summed E-state index contributed by atoms with van der Waals surface area (Å²) in [7, 11) is 1.80. The Morgan fingerprint density at radius 2 is 2.55 bits per heavy atom. The van der Waals surface area contributed by atoms with Gasteiger partial charge < -0.3 is 9.74 Å². The zero-order valence-electron chi connectivity index (χ0n) is 6.96. The van der Waals surface area contributed by atoms with Crippen LogP contribution in [0.5, 0.6) is 0 Å². The van der Waals surface area contributed by atoms with E-state index in [0.717, 1.165) is 13.0 Å². The van der Waals surface area contributed by atoms with E-state index < -0.39 is 0 Å². The average Bonchev–Trinajstić information content (AvgIpc) is 2.31. The molecule has 0 aromatic rings. The number of nitrogens with zero attached hydrogens (tertiary/aromatic N) is 1. The van der Waals surface area contributed by atoms with Gasteiger partial charge in [0.1, 0.15) is 6.04 Å². The predicted octanol–water partition coefficient (Wildman–Crippen LogP) is -0.242. The van der Waals surface area contributed by atoms with Gasteiger partial charge in [0.25, 0.3) is 0 Å². The van der Waals surface area contributed by atoms with Crippen molar-refractivity contribution in [3.8, 4) is 0 Å². The van der Waals surface area contributed by atoms with Gasteiger partial charge in [0.15, 0.2) is 0 Å². The van der Waals surface area contributed by atoms with Gasteiger partial charge in [-0.25, -0.2) is 0 Å². The maximum atomic E-state index is 11.2. The molecule has 64 valence electrons. The van der Waals surface area contributed by atoms with Crippen molar-refractivity contribution >= 4 is 5.91 Å². The van der Waals surface area contributed by atoms with E-state index in [1.807, 2.05) is 6.92 Å². The fraction of sp³-hybridized carbons (Fsp3) is 0.857. The summed E-state index contributed by atoms with van der Waals surface area (Å²) in [4.78, 5) is 17.8. The molecule has 1 aliphatic heterocycles. The Kier molecular flexibility index (Phi) is 2.84. The standard InChI is InChI=1S/C7H14N2O2/c1-3-11-8-6-4-5-9(2)7(6)10/h6,8H,3-5H2,1-2H3. The van der Waals surface area contributed by atoms with Gasteiger partial charge in [0.05, 0.1) is 6.61 Å². The molecule has 0 aliphatic carbocycles. The monoisotopic (exact) mass is 158 g/mol. The van der Waals surface area contributed by atoms with Gasteiger partial charge in [-0.15, -0.1) is 0 Å². The van der Waals surface area contributed by atoms with Gasteiger partial charge in [0, 0.05) is 13.6 Å². The fourth-order valence-electron chi connectivity index (χ4n) is 1.12. The molecule has 11 heavy (non-hydrogen) atoms. The Bertz CT molecular complexity index is 149. The van der Waals surface area contributed by atoms with Crippen molar-refractivity contribution in [2.45, 2.75) is 19.4 Å². The van der Waals surface area contributed by atoms with Crippen molar-refractivity contribution in [1.82, 2.24) is 10.4 Å². The van der Waals surface area contributed by atoms with Crippen LogP contribution in [0.3, 0.4) is 0 Å². The van der Waals surface area contributed by atoms with Crippen LogP contribution in [0, 0.1) is 0 Å². The van der Waals surface area contributed by atoms with Gasteiger partial charge in [-0.1, -0.05) is 0 Å². The van der Waals surface area contributed by atoms with Gasteiger partial charge in [-0.3, -0.25) is 4.79 Å². The average molecular weight is 158 g/mol. The highest BCUT2D eigenvalue weighted by Crippen LogP contribution is 2.07. The number of carbonyl (C=O) groups is 1. The topological polar surface area (TPSA) is 41.6 Å². The second kappa shape index (κ2) is 3.69. The molecule has 0 saturated carbocycles. The highest BCUT2D eigenvalue weighted by Gasteiger charge is 2.28. The number of hydrogen-bond acceptors (Lipinski definition) is 3. The summed E-state index contributed by atoms with van der Waals surface area (Å²) in [5, 5.41) is 0. The number of likely N-dealkylation sites (N-methyl/N-ethyl adjacent to an activating group) is 1. The molecule has 1 aliphatic rings. The molecular weight excluding hydrogens is 144 g/mol. The van der Waals surface area contributed by atoms with Crippen molar-refractivity contribution in [1.29, 1.82) is 0 Å². The lowest BCUT2D eigenvalue weighted by molar-refractivity contribution is -0.131. The van der Waals surface area contributed by atoms with Crippen LogP contribution in [0.4, 0.5) is 0 Å². The molecule has 1 unspecified atom stereocenters. The van der Waals surface area contributed by atoms with Gasteiger partial charge in [-0.2, -0.15) is 5.48 Å². The highest BCUT2D eigenvalue weighted by atomic mass is 16.6. The molecule has 1 heterocycles. The van der Waals surface area contributed by atoms with Crippen molar-refractivity contribution in [2.75, 3.05) is 20.2 Å². The van der Waals surface area contributed by atoms with Crippen molar-refractivity contribution in [2.24, 2.45) is 0 Å². The van der Waals surface area contributed by atoms with E-state index >= 15 is 0 Å². The minimum atomic E-state index is -0.125. The summed E-state index contributed by atoms with van der Waals surface area (Å²) < 4.78 is 0. The molecule has 4 nitrogen and oxygen atoms in total. The Labute approximate surface area is 66.5 Å². The largest absolute Gasteiger partial charge is 0.344 e. The maximum Gasteiger partial charge on any atom is 0.241 e. The first-order chi connectivity index (χ1) is 5.25. The quantitative estimate of drug-likeness (QED) is 0.576. The summed E-state index contributed by atoms with van der Waals surface area (Å²) in [6.45, 7) is 3.30. The number of likely N-dealkylation sites (tertiary alicyclic amines) is 1. The lowest BCUT2D eigenvalue weighted by atomic mass is 10.3. The third-order valence-electron chi connectivity index (χ3n) is 1.80. The van der Waals surface area contributed by atoms with E-state index in [-0.39, 0.29) is 11.9 Å². The Balaban J connectivity index is 2.30. The zero-order valence-corrected chi connectivity index (χ0v) is 6.96. The summed E-state index contributed by atoms with van der Waals surface area (Å²) in [5.41, 5.74) is 2.72. The number of nitrogens with one attached hydrogen (secondary N) is 1. The van der Waals surface area contributed by atoms with Gasteiger partial charge in [-0.05, 0) is 13.3 Å². The highest BCUT2D eigenvalue weighted by molar-refractivity contribution is 5.83. The molecule has 1 N–H and O–H groups in total. The lowest BCUT2D eigenvalue weighted by Gasteiger charge is -2.10. The minimum absolute atomic E-state index is 0.124. The smallest absolute Gasteiger partial charge is 0.241 e. The van der Waals surface area contributed by atoms with Crippen molar-refractivity contribution in [3.05, 3.63) is 0 Å². The summed E-state index contributed by atoms with van der Waals surface area (Å²) >= 11 is 0. The number of amides is 1. The maximum absolute atomic E-state index is 11.2. The van der Waals surface area contributed by atoms with E-state index in [4.69, 9.17) is 4.84 Å². The molecule has 1 atom stereocenters. The molecule has 0 aromatic carbocycles. The predicted molar refractivity (Wildman–Crippen MR) is 40.8 cm³/mol. The molecule has 0 bridgehead atoms. The van der Waals surface area contributed by atoms with E-state index in [2.05, 4.69) is 5.48 Å². The molecule has 1 saturated heterocycles. The van der Waals surface area contributed by atoms with Crippen LogP contribution in [-0.4, -0.2) is 37.0 Å². The fourth-order valence-corrected chi connectivity index (χ4v) is 1.12. The third-order valence-corrected chi connectivity index (χ3v) is 1.80. The Hall–Kier alpha value is -0.610. The van der Waals surface area contributed by atoms with E-state index in [1.54, 1.807) is 11.9 Å². The Morgan fingerprint density at radius 3 is 3.00 bits per heavy atom. The molecule has 0 spiro atoms. The lowest BCUT2D eigenvalue weighted by Crippen LogP contribution is -2.36. The number of hydrogen-bond donors (Lipinski definition) is 1. The Morgan fingerprint density at radius 1 is 1.82 bits per heavy atom. The van der Waals surface area contributed by atoms with Crippen LogP contribution >= 0.6 is 0 Å². The summed E-state index contributed by atoms with van der Waals surface area (Å²) in [6, 6.07) is -0.125. The molecule has 0 radical (unpaired) electrons. The van der Waals surface area contributed by atoms with Crippen molar-refractivity contribution < 1.29 is 9.63 Å². The normalized spacial score (nSPS) is 24.7. The van der Waals surface area contributed by atoms with Crippen molar-refractivity contribution in [3.63, 3.8) is 0 Å². The van der Waals surface area contributed by atoms with Crippen LogP contribution in [0.15, 0.2) is 0 Å². The molecular formula is C7H14N2O2. The van der Waals surface area contributed by atoms with Gasteiger partial charge >= 0.3 is 0 Å². The molecule has 1 amide bonds. The first kappa shape index (κ1) is 8.49. The van der Waals surface area contributed by atoms with Crippen LogP contribution in [0.2, 0.25) is 0 Å². The molecule has 4 heteroatoms. The molecule has 0 aromatic heterocycles. The number of rotatable bonds is 3. The molecule has 1 fully saturated rings. The van der Waals surface area contributed by atoms with Crippen LogP contribution in [-0.2, 0) is 9.63 Å². The van der Waals surface area contributed by atoms with E-state index in [0.29, 0.717) is 6.61 Å². The summed E-state index contributed by atoms with van der Waals surface area (Å²) in [5.74, 6) is 0.124. The van der Waals surface area contributed by atoms with Crippen LogP contribution in [0.1, 0.15) is 13.3 Å². The van der Waals surface area contributed by atoms with Crippen LogP contribution < -0.4 is 5.48 Å². The zero-order chi connectivity index (χ0) is 8.27. The minimum Gasteiger partial charge on any atom is -0.344 e. The second-order valence-corrected chi connectivity index (χ2v) is 2.65. The number of carbonyl (C=O) groups excluding carboxylic acids is 1. The first-order valence-electron chi connectivity index (χ1n) is 3.88. The summed E-state index contributed by atoms with van der Waals surface area (Å²) in [6.07, 6.45) is 0.843. The van der Waals surface area contributed by atoms with E-state index in [1.165, 1.54) is 0 Å². The third kappa shape index (κ3) is 1.91. The van der Waals surface area contributed by atoms with Crippen LogP contribution in [0.25, 0.3) is 0 Å². The molecule has 1 rings (SSSR count). The van der Waals surface area contributed by atoms with Gasteiger partial charge in [0.2, 0.25) is 5.91 Å². The van der Waals surface area contributed by atoms with E-state index in [9.17, 15) is 4.79 Å².